The van der Waals surface area contributed by atoms with Gasteiger partial charge in [0.25, 0.3) is 5.91 Å². The molecule has 1 aromatic heterocycles. The minimum absolute atomic E-state index is 0.272. The molecule has 0 radical (unpaired) electrons. The number of rotatable bonds is 3. The highest BCUT2D eigenvalue weighted by Gasteiger charge is 2.03. The van der Waals surface area contributed by atoms with Crippen molar-refractivity contribution in [2.45, 2.75) is 0 Å². The second-order valence-corrected chi connectivity index (χ2v) is 3.36. The number of aryl methyl sites for hydroxylation is 1. The third-order valence-corrected chi connectivity index (χ3v) is 2.08. The molecule has 0 saturated carbocycles. The van der Waals surface area contributed by atoms with E-state index in [0.29, 0.717) is 5.95 Å². The summed E-state index contributed by atoms with van der Waals surface area (Å²) in [6, 6.07) is 9.55. The molecule has 6 heteroatoms. The van der Waals surface area contributed by atoms with E-state index in [1.54, 1.807) is 13.1 Å². The zero-order valence-electron chi connectivity index (χ0n) is 9.24. The van der Waals surface area contributed by atoms with E-state index >= 15 is 0 Å². The number of anilines is 1. The van der Waals surface area contributed by atoms with E-state index < -0.39 is 0 Å². The molecule has 17 heavy (non-hydrogen) atoms. The summed E-state index contributed by atoms with van der Waals surface area (Å²) in [4.78, 5) is 11.5. The molecule has 1 heterocycles. The lowest BCUT2D eigenvalue weighted by atomic mass is 10.2. The maximum atomic E-state index is 11.5. The molecule has 0 atom stereocenters. The van der Waals surface area contributed by atoms with Gasteiger partial charge < -0.3 is 0 Å². The van der Waals surface area contributed by atoms with E-state index in [4.69, 9.17) is 0 Å². The van der Waals surface area contributed by atoms with E-state index in [1.165, 1.54) is 10.8 Å². The molecule has 86 valence electrons. The van der Waals surface area contributed by atoms with Gasteiger partial charge in [-0.1, -0.05) is 35.4 Å². The van der Waals surface area contributed by atoms with Crippen LogP contribution in [0.15, 0.2) is 36.4 Å². The van der Waals surface area contributed by atoms with Crippen molar-refractivity contribution in [2.24, 2.45) is 7.05 Å². The lowest BCUT2D eigenvalue weighted by Gasteiger charge is -1.97. The van der Waals surface area contributed by atoms with Crippen molar-refractivity contribution in [3.63, 3.8) is 0 Å². The third kappa shape index (κ3) is 2.97. The van der Waals surface area contributed by atoms with Gasteiger partial charge in [-0.05, 0) is 22.1 Å². The summed E-state index contributed by atoms with van der Waals surface area (Å²) in [7, 11) is 1.65. The van der Waals surface area contributed by atoms with Crippen LogP contribution < -0.4 is 5.32 Å². The minimum Gasteiger partial charge on any atom is -0.290 e. The molecule has 2 rings (SSSR count). The first-order valence-corrected chi connectivity index (χ1v) is 5.02. The van der Waals surface area contributed by atoms with Crippen LogP contribution in [-0.4, -0.2) is 26.1 Å². The van der Waals surface area contributed by atoms with Crippen molar-refractivity contribution in [1.82, 2.24) is 20.2 Å². The van der Waals surface area contributed by atoms with Gasteiger partial charge in [0.2, 0.25) is 5.95 Å². The number of nitrogens with one attached hydrogen (secondary N) is 1. The Hall–Kier alpha value is -2.50. The van der Waals surface area contributed by atoms with E-state index in [2.05, 4.69) is 20.8 Å². The predicted molar refractivity (Wildman–Crippen MR) is 62.9 cm³/mol. The first kappa shape index (κ1) is 11.0. The molecule has 1 aromatic carbocycles. The minimum atomic E-state index is -0.272. The van der Waals surface area contributed by atoms with Gasteiger partial charge in [-0.3, -0.25) is 10.1 Å². The van der Waals surface area contributed by atoms with Crippen molar-refractivity contribution in [2.75, 3.05) is 5.32 Å². The Morgan fingerprint density at radius 1 is 1.35 bits per heavy atom. The molecule has 0 aliphatic rings. The number of hydrogen-bond acceptors (Lipinski definition) is 4. The SMILES string of the molecule is Cn1nnnc1NC(=O)/C=C/c1ccccc1. The Balaban J connectivity index is 1.99. The highest BCUT2D eigenvalue weighted by atomic mass is 16.1. The lowest BCUT2D eigenvalue weighted by Crippen LogP contribution is -2.12. The van der Waals surface area contributed by atoms with E-state index in [-0.39, 0.29) is 5.91 Å². The maximum Gasteiger partial charge on any atom is 0.250 e. The van der Waals surface area contributed by atoms with Gasteiger partial charge in [-0.2, -0.15) is 0 Å². The van der Waals surface area contributed by atoms with Crippen molar-refractivity contribution < 1.29 is 4.79 Å². The quantitative estimate of drug-likeness (QED) is 0.792. The molecule has 0 bridgehead atoms. The van der Waals surface area contributed by atoms with E-state index in [9.17, 15) is 4.79 Å². The summed E-state index contributed by atoms with van der Waals surface area (Å²) in [5.74, 6) is 0.0412. The highest BCUT2D eigenvalue weighted by molar-refractivity contribution is 6.00. The number of aromatic nitrogens is 4. The zero-order valence-corrected chi connectivity index (χ0v) is 9.24. The fraction of sp³-hybridized carbons (Fsp3) is 0.0909. The second-order valence-electron chi connectivity index (χ2n) is 3.36. The lowest BCUT2D eigenvalue weighted by molar-refractivity contribution is -0.111. The van der Waals surface area contributed by atoms with Crippen LogP contribution >= 0.6 is 0 Å². The number of amides is 1. The van der Waals surface area contributed by atoms with Crippen molar-refractivity contribution in [3.05, 3.63) is 42.0 Å². The second kappa shape index (κ2) is 5.02. The van der Waals surface area contributed by atoms with E-state index in [0.717, 1.165) is 5.56 Å². The van der Waals surface area contributed by atoms with Crippen LogP contribution in [0.2, 0.25) is 0 Å². The molecule has 0 fully saturated rings. The smallest absolute Gasteiger partial charge is 0.250 e. The van der Waals surface area contributed by atoms with Crippen LogP contribution in [0.4, 0.5) is 5.95 Å². The van der Waals surface area contributed by atoms with Gasteiger partial charge in [0, 0.05) is 13.1 Å². The Kier molecular flexibility index (Phi) is 3.25. The normalized spacial score (nSPS) is 10.6. The Labute approximate surface area is 98.0 Å². The Morgan fingerprint density at radius 3 is 2.76 bits per heavy atom. The van der Waals surface area contributed by atoms with Crippen molar-refractivity contribution in [3.8, 4) is 0 Å². The van der Waals surface area contributed by atoms with Crippen LogP contribution in [0, 0.1) is 0 Å². The van der Waals surface area contributed by atoms with Gasteiger partial charge in [-0.25, -0.2) is 4.68 Å². The molecular formula is C11H11N5O. The first-order chi connectivity index (χ1) is 8.25. The Morgan fingerprint density at radius 2 is 2.12 bits per heavy atom. The topological polar surface area (TPSA) is 72.7 Å². The predicted octanol–water partition coefficient (Wildman–Crippen LogP) is 0.862. The average molecular weight is 229 g/mol. The fourth-order valence-corrected chi connectivity index (χ4v) is 1.22. The monoisotopic (exact) mass is 229 g/mol. The van der Waals surface area contributed by atoms with Crippen LogP contribution in [0.5, 0.6) is 0 Å². The van der Waals surface area contributed by atoms with Crippen LogP contribution in [0.3, 0.4) is 0 Å². The fourth-order valence-electron chi connectivity index (χ4n) is 1.22. The molecule has 0 spiro atoms. The number of nitrogens with zero attached hydrogens (tertiary/aromatic N) is 4. The third-order valence-electron chi connectivity index (χ3n) is 2.08. The number of tetrazole rings is 1. The van der Waals surface area contributed by atoms with Crippen LogP contribution in [0.1, 0.15) is 5.56 Å². The summed E-state index contributed by atoms with van der Waals surface area (Å²) < 4.78 is 1.38. The number of carbonyl (C=O) groups excluding carboxylic acids is 1. The summed E-state index contributed by atoms with van der Waals surface area (Å²) >= 11 is 0. The van der Waals surface area contributed by atoms with Crippen molar-refractivity contribution >= 4 is 17.9 Å². The molecule has 0 unspecified atom stereocenters. The summed E-state index contributed by atoms with van der Waals surface area (Å²) in [5, 5.41) is 13.2. The summed E-state index contributed by atoms with van der Waals surface area (Å²) in [6.07, 6.45) is 3.16. The summed E-state index contributed by atoms with van der Waals surface area (Å²) in [5.41, 5.74) is 0.957. The summed E-state index contributed by atoms with van der Waals surface area (Å²) in [6.45, 7) is 0. The Bertz CT molecular complexity index is 532. The average Bonchev–Trinajstić information content (AvgIpc) is 2.74. The van der Waals surface area contributed by atoms with Crippen molar-refractivity contribution in [1.29, 1.82) is 0 Å². The van der Waals surface area contributed by atoms with Gasteiger partial charge in [0.15, 0.2) is 0 Å². The highest BCUT2D eigenvalue weighted by Crippen LogP contribution is 2.02. The molecule has 0 saturated heterocycles. The van der Waals surface area contributed by atoms with Gasteiger partial charge in [0.1, 0.15) is 0 Å². The maximum absolute atomic E-state index is 11.5. The zero-order chi connectivity index (χ0) is 12.1. The first-order valence-electron chi connectivity index (χ1n) is 5.02. The molecule has 0 aliphatic heterocycles. The number of benzene rings is 1. The van der Waals surface area contributed by atoms with Crippen LogP contribution in [0.25, 0.3) is 6.08 Å². The number of carbonyl (C=O) groups is 1. The molecule has 6 nitrogen and oxygen atoms in total. The van der Waals surface area contributed by atoms with Gasteiger partial charge in [0.05, 0.1) is 0 Å². The van der Waals surface area contributed by atoms with Gasteiger partial charge >= 0.3 is 0 Å². The van der Waals surface area contributed by atoms with Crippen LogP contribution in [-0.2, 0) is 11.8 Å². The molecular weight excluding hydrogens is 218 g/mol. The molecule has 0 aliphatic carbocycles. The molecule has 1 amide bonds. The standard InChI is InChI=1S/C11H11N5O/c1-16-11(13-14-15-16)12-10(17)8-7-9-5-3-2-4-6-9/h2-8H,1H3,(H,12,13,15,17)/b8-7+. The largest absolute Gasteiger partial charge is 0.290 e. The molecule has 2 aromatic rings. The van der Waals surface area contributed by atoms with E-state index in [1.807, 2.05) is 30.3 Å². The molecule has 1 N–H and O–H groups in total. The van der Waals surface area contributed by atoms with Gasteiger partial charge in [-0.15, -0.1) is 0 Å². The number of hydrogen-bond donors (Lipinski definition) is 1.